The predicted molar refractivity (Wildman–Crippen MR) is 78.2 cm³/mol. The average molecular weight is 265 g/mol. The number of amides is 1. The Morgan fingerprint density at radius 2 is 2.05 bits per heavy atom. The average Bonchev–Trinajstić information content (AvgIpc) is 2.34. The number of benzene rings is 1. The van der Waals surface area contributed by atoms with Gasteiger partial charge in [0.2, 0.25) is 0 Å². The van der Waals surface area contributed by atoms with Gasteiger partial charge in [0.15, 0.2) is 0 Å². The third kappa shape index (κ3) is 3.86. The van der Waals surface area contributed by atoms with E-state index in [0.717, 1.165) is 0 Å². The Bertz CT molecular complexity index is 444. The summed E-state index contributed by atoms with van der Waals surface area (Å²) in [4.78, 5) is 13.6. The zero-order valence-electron chi connectivity index (χ0n) is 12.0. The Hall–Kier alpha value is -1.75. The van der Waals surface area contributed by atoms with Crippen molar-refractivity contribution in [3.05, 3.63) is 23.8 Å². The van der Waals surface area contributed by atoms with Gasteiger partial charge in [-0.25, -0.2) is 0 Å². The van der Waals surface area contributed by atoms with E-state index in [1.807, 2.05) is 13.8 Å². The predicted octanol–water partition coefficient (Wildman–Crippen LogP) is 1.40. The first-order chi connectivity index (χ1) is 8.86. The number of anilines is 2. The first kappa shape index (κ1) is 15.3. The highest BCUT2D eigenvalue weighted by Crippen LogP contribution is 2.22. The fraction of sp³-hybridized carbons (Fsp3) is 0.500. The molecular formula is C14H23N3O2. The molecule has 0 spiro atoms. The minimum atomic E-state index is -0.115. The van der Waals surface area contributed by atoms with Crippen molar-refractivity contribution in [2.75, 3.05) is 31.8 Å². The highest BCUT2D eigenvalue weighted by Gasteiger charge is 2.18. The molecule has 1 amide bonds. The van der Waals surface area contributed by atoms with Gasteiger partial charge in [0, 0.05) is 25.5 Å². The Kier molecular flexibility index (Phi) is 5.18. The lowest BCUT2D eigenvalue weighted by atomic mass is 10.0. The first-order valence-electron chi connectivity index (χ1n) is 6.35. The second-order valence-electron chi connectivity index (χ2n) is 5.18. The number of hydrogen-bond acceptors (Lipinski definition) is 4. The molecule has 19 heavy (non-hydrogen) atoms. The zero-order valence-corrected chi connectivity index (χ0v) is 12.0. The quantitative estimate of drug-likeness (QED) is 0.703. The van der Waals surface area contributed by atoms with Gasteiger partial charge in [-0.3, -0.25) is 4.79 Å². The molecule has 4 N–H and O–H groups in total. The molecule has 5 nitrogen and oxygen atoms in total. The van der Waals surface area contributed by atoms with Crippen molar-refractivity contribution < 1.29 is 9.90 Å². The van der Waals surface area contributed by atoms with Gasteiger partial charge in [-0.1, -0.05) is 13.8 Å². The molecule has 0 unspecified atom stereocenters. The van der Waals surface area contributed by atoms with Crippen molar-refractivity contribution in [2.24, 2.45) is 5.92 Å². The van der Waals surface area contributed by atoms with Crippen LogP contribution in [0.4, 0.5) is 11.4 Å². The number of nitrogen functional groups attached to an aromatic ring is 1. The number of nitrogens with zero attached hydrogens (tertiary/aromatic N) is 1. The Morgan fingerprint density at radius 1 is 1.42 bits per heavy atom. The van der Waals surface area contributed by atoms with Crippen LogP contribution in [-0.2, 0) is 0 Å². The second-order valence-corrected chi connectivity index (χ2v) is 5.18. The van der Waals surface area contributed by atoms with Crippen LogP contribution in [0, 0.1) is 5.92 Å². The Balaban J connectivity index is 3.10. The molecule has 0 aliphatic rings. The largest absolute Gasteiger partial charge is 0.399 e. The molecule has 0 saturated heterocycles. The van der Waals surface area contributed by atoms with Crippen LogP contribution in [0.1, 0.15) is 24.2 Å². The van der Waals surface area contributed by atoms with E-state index in [0.29, 0.717) is 16.9 Å². The van der Waals surface area contributed by atoms with Crippen LogP contribution < -0.4 is 11.1 Å². The van der Waals surface area contributed by atoms with Crippen molar-refractivity contribution in [2.45, 2.75) is 19.9 Å². The molecule has 0 aliphatic heterocycles. The fourth-order valence-corrected chi connectivity index (χ4v) is 1.73. The normalized spacial score (nSPS) is 12.3. The van der Waals surface area contributed by atoms with Crippen LogP contribution in [0.3, 0.4) is 0 Å². The van der Waals surface area contributed by atoms with Crippen LogP contribution in [0.2, 0.25) is 0 Å². The van der Waals surface area contributed by atoms with E-state index in [1.54, 1.807) is 32.3 Å². The van der Waals surface area contributed by atoms with E-state index in [4.69, 9.17) is 5.73 Å². The lowest BCUT2D eigenvalue weighted by Crippen LogP contribution is -2.31. The maximum atomic E-state index is 12.1. The highest BCUT2D eigenvalue weighted by molar-refractivity contribution is 6.00. The van der Waals surface area contributed by atoms with E-state index < -0.39 is 0 Å². The van der Waals surface area contributed by atoms with Crippen LogP contribution in [-0.4, -0.2) is 42.7 Å². The smallest absolute Gasteiger partial charge is 0.255 e. The molecule has 0 aliphatic carbocycles. The number of nitrogens with one attached hydrogen (secondary N) is 1. The van der Waals surface area contributed by atoms with Crippen molar-refractivity contribution in [1.82, 2.24) is 4.90 Å². The van der Waals surface area contributed by atoms with Gasteiger partial charge < -0.3 is 21.1 Å². The van der Waals surface area contributed by atoms with Gasteiger partial charge >= 0.3 is 0 Å². The minimum absolute atomic E-state index is 0.00204. The van der Waals surface area contributed by atoms with E-state index in [1.165, 1.54) is 4.90 Å². The summed E-state index contributed by atoms with van der Waals surface area (Å²) in [5.74, 6) is 0.150. The lowest BCUT2D eigenvalue weighted by Gasteiger charge is -2.23. The summed E-state index contributed by atoms with van der Waals surface area (Å²) in [5, 5.41) is 12.6. The number of hydrogen-bond donors (Lipinski definition) is 3. The number of carbonyl (C=O) groups is 1. The van der Waals surface area contributed by atoms with Crippen molar-refractivity contribution >= 4 is 17.3 Å². The van der Waals surface area contributed by atoms with E-state index in [-0.39, 0.29) is 24.5 Å². The topological polar surface area (TPSA) is 78.6 Å². The number of nitrogens with two attached hydrogens (primary N) is 1. The molecule has 0 bridgehead atoms. The minimum Gasteiger partial charge on any atom is -0.399 e. The second kappa shape index (κ2) is 6.43. The lowest BCUT2D eigenvalue weighted by molar-refractivity contribution is 0.0828. The van der Waals surface area contributed by atoms with Gasteiger partial charge in [-0.15, -0.1) is 0 Å². The van der Waals surface area contributed by atoms with Crippen LogP contribution in [0.5, 0.6) is 0 Å². The molecule has 0 heterocycles. The number of aliphatic hydroxyl groups excluding tert-OH is 1. The van der Waals surface area contributed by atoms with E-state index >= 15 is 0 Å². The van der Waals surface area contributed by atoms with E-state index in [9.17, 15) is 9.90 Å². The third-order valence-corrected chi connectivity index (χ3v) is 3.02. The summed E-state index contributed by atoms with van der Waals surface area (Å²) in [5.41, 5.74) is 7.56. The number of aliphatic hydroxyl groups is 1. The number of carbonyl (C=O) groups excluding carboxylic acids is 1. The Morgan fingerprint density at radius 3 is 2.53 bits per heavy atom. The SMILES string of the molecule is CC(C)[C@@H](CO)Nc1cc(N)ccc1C(=O)N(C)C. The fourth-order valence-electron chi connectivity index (χ4n) is 1.73. The van der Waals surface area contributed by atoms with Gasteiger partial charge in [0.25, 0.3) is 5.91 Å². The molecule has 1 aromatic rings. The standard InChI is InChI=1S/C14H23N3O2/c1-9(2)13(8-18)16-12-7-10(15)5-6-11(12)14(19)17(3)4/h5-7,9,13,16,18H,8,15H2,1-4H3/t13-/m1/s1. The van der Waals surface area contributed by atoms with Gasteiger partial charge in [0.1, 0.15) is 0 Å². The zero-order chi connectivity index (χ0) is 14.6. The summed E-state index contributed by atoms with van der Waals surface area (Å²) < 4.78 is 0. The first-order valence-corrected chi connectivity index (χ1v) is 6.35. The van der Waals surface area contributed by atoms with Gasteiger partial charge in [0.05, 0.1) is 18.2 Å². The molecule has 0 fully saturated rings. The van der Waals surface area contributed by atoms with Crippen molar-refractivity contribution in [3.63, 3.8) is 0 Å². The summed E-state index contributed by atoms with van der Waals surface area (Å²) in [6.45, 7) is 4.02. The molecule has 1 atom stereocenters. The van der Waals surface area contributed by atoms with E-state index in [2.05, 4.69) is 5.32 Å². The summed E-state index contributed by atoms with van der Waals surface area (Å²) in [7, 11) is 3.41. The molecule has 5 heteroatoms. The maximum absolute atomic E-state index is 12.1. The molecule has 1 aromatic carbocycles. The molecule has 0 aromatic heterocycles. The maximum Gasteiger partial charge on any atom is 0.255 e. The van der Waals surface area contributed by atoms with Gasteiger partial charge in [-0.05, 0) is 24.1 Å². The van der Waals surface area contributed by atoms with Crippen LogP contribution in [0.25, 0.3) is 0 Å². The molecular weight excluding hydrogens is 242 g/mol. The van der Waals surface area contributed by atoms with Crippen LogP contribution >= 0.6 is 0 Å². The van der Waals surface area contributed by atoms with Crippen molar-refractivity contribution in [1.29, 1.82) is 0 Å². The molecule has 106 valence electrons. The monoisotopic (exact) mass is 265 g/mol. The third-order valence-electron chi connectivity index (χ3n) is 3.02. The highest BCUT2D eigenvalue weighted by atomic mass is 16.3. The summed E-state index contributed by atoms with van der Waals surface area (Å²) >= 11 is 0. The molecule has 0 saturated carbocycles. The van der Waals surface area contributed by atoms with Crippen molar-refractivity contribution in [3.8, 4) is 0 Å². The van der Waals surface area contributed by atoms with Crippen LogP contribution in [0.15, 0.2) is 18.2 Å². The molecule has 0 radical (unpaired) electrons. The summed E-state index contributed by atoms with van der Waals surface area (Å²) in [6, 6.07) is 5.01. The molecule has 1 rings (SSSR count). The van der Waals surface area contributed by atoms with Gasteiger partial charge in [-0.2, -0.15) is 0 Å². The Labute approximate surface area is 114 Å². The summed E-state index contributed by atoms with van der Waals surface area (Å²) in [6.07, 6.45) is 0. The number of rotatable bonds is 5.